The second kappa shape index (κ2) is 8.05. The van der Waals surface area contributed by atoms with Crippen LogP contribution in [0, 0.1) is 0 Å². The number of rotatable bonds is 5. The van der Waals surface area contributed by atoms with Crippen LogP contribution in [0.15, 0.2) is 24.3 Å². The summed E-state index contributed by atoms with van der Waals surface area (Å²) in [6.07, 6.45) is 10.5. The minimum atomic E-state index is -0.277. The van der Waals surface area contributed by atoms with Crippen LogP contribution in [0.2, 0.25) is 0 Å². The number of hydrogen-bond donors (Lipinski definition) is 0. The Bertz CT molecular complexity index is 169. The van der Waals surface area contributed by atoms with Gasteiger partial charge >= 0.3 is 5.97 Å². The minimum Gasteiger partial charge on any atom is -0.466 e. The Morgan fingerprint density at radius 1 is 1.33 bits per heavy atom. The van der Waals surface area contributed by atoms with Crippen LogP contribution < -0.4 is 0 Å². The van der Waals surface area contributed by atoms with E-state index in [9.17, 15) is 4.79 Å². The number of carbonyl (C=O) groups excluding carboxylic acids is 1. The molecular formula is C10H16O2. The average Bonchev–Trinajstić information content (AvgIpc) is 2.10. The predicted molar refractivity (Wildman–Crippen MR) is 49.8 cm³/mol. The molecular weight excluding hydrogens is 152 g/mol. The lowest BCUT2D eigenvalue weighted by Crippen LogP contribution is -1.93. The maximum atomic E-state index is 10.6. The summed E-state index contributed by atoms with van der Waals surface area (Å²) >= 11 is 0. The van der Waals surface area contributed by atoms with E-state index in [2.05, 4.69) is 10.8 Å². The van der Waals surface area contributed by atoms with Crippen molar-refractivity contribution in [2.24, 2.45) is 0 Å². The van der Waals surface area contributed by atoms with Crippen molar-refractivity contribution in [1.82, 2.24) is 0 Å². The zero-order valence-corrected chi connectivity index (χ0v) is 7.75. The van der Waals surface area contributed by atoms with Gasteiger partial charge in [0, 0.05) is 6.08 Å². The summed E-state index contributed by atoms with van der Waals surface area (Å²) in [5, 5.41) is 0. The molecule has 0 rings (SSSR count). The maximum absolute atomic E-state index is 10.6. The molecule has 0 aromatic rings. The minimum absolute atomic E-state index is 0.277. The predicted octanol–water partition coefficient (Wildman–Crippen LogP) is 2.46. The van der Waals surface area contributed by atoms with E-state index in [0.29, 0.717) is 0 Å². The Morgan fingerprint density at radius 2 is 2.00 bits per heavy atom. The fraction of sp³-hybridized carbons (Fsp3) is 0.500. The zero-order valence-electron chi connectivity index (χ0n) is 7.75. The first kappa shape index (κ1) is 11.0. The number of unbranched alkanes of at least 4 members (excludes halogenated alkanes) is 2. The molecule has 0 unspecified atom stereocenters. The fourth-order valence-electron chi connectivity index (χ4n) is 0.768. The molecule has 0 fully saturated rings. The fourth-order valence-corrected chi connectivity index (χ4v) is 0.768. The normalized spacial score (nSPS) is 11.2. The van der Waals surface area contributed by atoms with E-state index >= 15 is 0 Å². The van der Waals surface area contributed by atoms with Gasteiger partial charge in [0.2, 0.25) is 0 Å². The molecule has 2 nitrogen and oxygen atoms in total. The first-order valence-corrected chi connectivity index (χ1v) is 4.17. The second-order valence-corrected chi connectivity index (χ2v) is 2.43. The largest absolute Gasteiger partial charge is 0.466 e. The molecule has 0 aliphatic heterocycles. The van der Waals surface area contributed by atoms with E-state index in [1.807, 2.05) is 19.1 Å². The SMILES string of the molecule is C/C=C/CCC/C=C/C(=O)OC. The van der Waals surface area contributed by atoms with Gasteiger partial charge in [-0.25, -0.2) is 4.79 Å². The Balaban J connectivity index is 3.30. The van der Waals surface area contributed by atoms with Crippen LogP contribution in [0.4, 0.5) is 0 Å². The third-order valence-electron chi connectivity index (χ3n) is 1.43. The molecule has 0 saturated carbocycles. The molecule has 0 atom stereocenters. The van der Waals surface area contributed by atoms with Gasteiger partial charge in [0.15, 0.2) is 0 Å². The van der Waals surface area contributed by atoms with E-state index in [1.54, 1.807) is 0 Å². The Morgan fingerprint density at radius 3 is 2.58 bits per heavy atom. The standard InChI is InChI=1S/C10H16O2/c1-3-4-5-6-7-8-9-10(11)12-2/h3-4,8-9H,5-7H2,1-2H3/b4-3+,9-8+. The summed E-state index contributed by atoms with van der Waals surface area (Å²) in [7, 11) is 1.38. The van der Waals surface area contributed by atoms with Crippen LogP contribution in [0.25, 0.3) is 0 Å². The topological polar surface area (TPSA) is 26.3 Å². The lowest BCUT2D eigenvalue weighted by atomic mass is 10.2. The van der Waals surface area contributed by atoms with Crippen molar-refractivity contribution in [3.63, 3.8) is 0 Å². The summed E-state index contributed by atoms with van der Waals surface area (Å²) in [5.74, 6) is -0.277. The number of methoxy groups -OCH3 is 1. The van der Waals surface area contributed by atoms with E-state index < -0.39 is 0 Å². The van der Waals surface area contributed by atoms with Crippen molar-refractivity contribution < 1.29 is 9.53 Å². The third-order valence-corrected chi connectivity index (χ3v) is 1.43. The maximum Gasteiger partial charge on any atom is 0.330 e. The molecule has 0 spiro atoms. The van der Waals surface area contributed by atoms with Crippen molar-refractivity contribution in [2.45, 2.75) is 26.2 Å². The summed E-state index contributed by atoms with van der Waals surface area (Å²) in [5.41, 5.74) is 0. The van der Waals surface area contributed by atoms with E-state index in [1.165, 1.54) is 13.2 Å². The number of ether oxygens (including phenoxy) is 1. The molecule has 0 bridgehead atoms. The van der Waals surface area contributed by atoms with Crippen LogP contribution in [0.1, 0.15) is 26.2 Å². The van der Waals surface area contributed by atoms with Gasteiger partial charge in [-0.2, -0.15) is 0 Å². The third kappa shape index (κ3) is 7.06. The van der Waals surface area contributed by atoms with Gasteiger partial charge in [0.25, 0.3) is 0 Å². The molecule has 0 radical (unpaired) electrons. The first-order valence-electron chi connectivity index (χ1n) is 4.17. The number of hydrogen-bond acceptors (Lipinski definition) is 2. The monoisotopic (exact) mass is 168 g/mol. The van der Waals surface area contributed by atoms with Crippen molar-refractivity contribution in [1.29, 1.82) is 0 Å². The van der Waals surface area contributed by atoms with Gasteiger partial charge in [0.05, 0.1) is 7.11 Å². The molecule has 0 aliphatic rings. The lowest BCUT2D eigenvalue weighted by Gasteiger charge is -1.90. The molecule has 0 heterocycles. The highest BCUT2D eigenvalue weighted by Crippen LogP contribution is 1.97. The van der Waals surface area contributed by atoms with Crippen molar-refractivity contribution in [3.8, 4) is 0 Å². The molecule has 68 valence electrons. The Kier molecular flexibility index (Phi) is 7.35. The molecule has 0 N–H and O–H groups in total. The quantitative estimate of drug-likeness (QED) is 0.273. The molecule has 12 heavy (non-hydrogen) atoms. The molecule has 0 amide bonds. The lowest BCUT2D eigenvalue weighted by molar-refractivity contribution is -0.134. The Hall–Kier alpha value is -1.05. The molecule has 0 aromatic heterocycles. The van der Waals surface area contributed by atoms with E-state index in [4.69, 9.17) is 0 Å². The van der Waals surface area contributed by atoms with Gasteiger partial charge in [-0.3, -0.25) is 0 Å². The van der Waals surface area contributed by atoms with Crippen molar-refractivity contribution in [2.75, 3.05) is 7.11 Å². The summed E-state index contributed by atoms with van der Waals surface area (Å²) in [6.45, 7) is 2.00. The first-order chi connectivity index (χ1) is 5.81. The smallest absolute Gasteiger partial charge is 0.330 e. The molecule has 0 aromatic carbocycles. The van der Waals surface area contributed by atoms with Gasteiger partial charge in [-0.05, 0) is 26.2 Å². The van der Waals surface area contributed by atoms with Crippen molar-refractivity contribution in [3.05, 3.63) is 24.3 Å². The van der Waals surface area contributed by atoms with Crippen LogP contribution in [0.5, 0.6) is 0 Å². The Labute approximate surface area is 73.9 Å². The van der Waals surface area contributed by atoms with Crippen LogP contribution in [0.3, 0.4) is 0 Å². The average molecular weight is 168 g/mol. The van der Waals surface area contributed by atoms with E-state index in [-0.39, 0.29) is 5.97 Å². The second-order valence-electron chi connectivity index (χ2n) is 2.43. The molecule has 0 saturated heterocycles. The zero-order chi connectivity index (χ0) is 9.23. The number of allylic oxidation sites excluding steroid dienone is 3. The van der Waals surface area contributed by atoms with E-state index in [0.717, 1.165) is 19.3 Å². The van der Waals surface area contributed by atoms with Gasteiger partial charge < -0.3 is 4.74 Å². The highest BCUT2D eigenvalue weighted by Gasteiger charge is 1.88. The molecule has 0 aliphatic carbocycles. The summed E-state index contributed by atoms with van der Waals surface area (Å²) < 4.78 is 4.44. The molecule has 2 heteroatoms. The van der Waals surface area contributed by atoms with Gasteiger partial charge in [-0.1, -0.05) is 18.2 Å². The highest BCUT2D eigenvalue weighted by molar-refractivity contribution is 5.81. The van der Waals surface area contributed by atoms with Crippen LogP contribution >= 0.6 is 0 Å². The highest BCUT2D eigenvalue weighted by atomic mass is 16.5. The summed E-state index contributed by atoms with van der Waals surface area (Å²) in [4.78, 5) is 10.6. The van der Waals surface area contributed by atoms with Crippen molar-refractivity contribution >= 4 is 5.97 Å². The van der Waals surface area contributed by atoms with Crippen LogP contribution in [-0.2, 0) is 9.53 Å². The summed E-state index contributed by atoms with van der Waals surface area (Å²) in [6, 6.07) is 0. The van der Waals surface area contributed by atoms with Crippen LogP contribution in [-0.4, -0.2) is 13.1 Å². The number of carbonyl (C=O) groups is 1. The van der Waals surface area contributed by atoms with Gasteiger partial charge in [0.1, 0.15) is 0 Å². The van der Waals surface area contributed by atoms with Gasteiger partial charge in [-0.15, -0.1) is 0 Å². The number of esters is 1.